The number of hydrogen-bond donors (Lipinski definition) is 0. The largest absolute Gasteiger partial charge is 0.490 e. The number of benzene rings is 1. The second kappa shape index (κ2) is 4.06. The molecule has 16 heavy (non-hydrogen) atoms. The van der Waals surface area contributed by atoms with Crippen molar-refractivity contribution in [1.29, 1.82) is 0 Å². The molecule has 1 aliphatic rings. The Hall–Kier alpha value is -1.09. The Morgan fingerprint density at radius 1 is 1.25 bits per heavy atom. The van der Waals surface area contributed by atoms with Gasteiger partial charge in [0.1, 0.15) is 11.9 Å². The second-order valence-electron chi connectivity index (χ2n) is 4.17. The van der Waals surface area contributed by atoms with Gasteiger partial charge in [-0.1, -0.05) is 22.0 Å². The van der Waals surface area contributed by atoms with E-state index < -0.39 is 0 Å². The minimum Gasteiger partial charge on any atom is -0.490 e. The summed E-state index contributed by atoms with van der Waals surface area (Å²) >= 11 is 3.56. The summed E-state index contributed by atoms with van der Waals surface area (Å²) in [6, 6.07) is 10.1. The average molecular weight is 278 g/mol. The van der Waals surface area contributed by atoms with Gasteiger partial charge in [-0.3, -0.25) is 4.98 Å². The van der Waals surface area contributed by atoms with Crippen molar-refractivity contribution in [2.24, 2.45) is 0 Å². The molecule has 2 nitrogen and oxygen atoms in total. The van der Waals surface area contributed by atoms with Gasteiger partial charge < -0.3 is 4.74 Å². The van der Waals surface area contributed by atoms with Crippen LogP contribution < -0.4 is 4.74 Å². The van der Waals surface area contributed by atoms with Gasteiger partial charge in [0.05, 0.1) is 5.52 Å². The molecule has 82 valence electrons. The number of halogens is 1. The fourth-order valence-electron chi connectivity index (χ4n) is 1.91. The normalized spacial score (nSPS) is 24.1. The van der Waals surface area contributed by atoms with Crippen molar-refractivity contribution in [3.8, 4) is 5.75 Å². The van der Waals surface area contributed by atoms with E-state index in [0.717, 1.165) is 29.5 Å². The summed E-state index contributed by atoms with van der Waals surface area (Å²) in [6.45, 7) is 0. The topological polar surface area (TPSA) is 22.1 Å². The molecule has 3 heteroatoms. The number of ether oxygens (including phenoxy) is 1. The SMILES string of the molecule is BrC1CC(Oc2ccc3cccnc3c2)C1. The fraction of sp³-hybridized carbons (Fsp3) is 0.308. The van der Waals surface area contributed by atoms with Gasteiger partial charge in [-0.05, 0) is 31.0 Å². The van der Waals surface area contributed by atoms with Gasteiger partial charge in [-0.25, -0.2) is 0 Å². The standard InChI is InChI=1S/C13H12BrNO/c14-10-6-12(7-10)16-11-4-3-9-2-1-5-15-13(9)8-11/h1-5,8,10,12H,6-7H2. The molecule has 0 N–H and O–H groups in total. The summed E-state index contributed by atoms with van der Waals surface area (Å²) in [6.07, 6.45) is 4.37. The lowest BCUT2D eigenvalue weighted by Crippen LogP contribution is -2.33. The van der Waals surface area contributed by atoms with Crippen LogP contribution in [0.15, 0.2) is 36.5 Å². The molecule has 1 fully saturated rings. The van der Waals surface area contributed by atoms with E-state index in [9.17, 15) is 0 Å². The van der Waals surface area contributed by atoms with Crippen molar-refractivity contribution in [3.05, 3.63) is 36.5 Å². The second-order valence-corrected chi connectivity index (χ2v) is 5.46. The van der Waals surface area contributed by atoms with Crippen molar-refractivity contribution in [2.75, 3.05) is 0 Å². The lowest BCUT2D eigenvalue weighted by molar-refractivity contribution is 0.128. The third kappa shape index (κ3) is 1.92. The molecule has 3 rings (SSSR count). The lowest BCUT2D eigenvalue weighted by atomic mass is 9.96. The summed E-state index contributed by atoms with van der Waals surface area (Å²) in [7, 11) is 0. The van der Waals surface area contributed by atoms with Gasteiger partial charge in [-0.2, -0.15) is 0 Å². The highest BCUT2D eigenvalue weighted by atomic mass is 79.9. The smallest absolute Gasteiger partial charge is 0.121 e. The Morgan fingerprint density at radius 2 is 2.12 bits per heavy atom. The molecular formula is C13H12BrNO. The molecule has 0 saturated heterocycles. The molecule has 1 aromatic carbocycles. The van der Waals surface area contributed by atoms with Crippen LogP contribution in [0.2, 0.25) is 0 Å². The van der Waals surface area contributed by atoms with E-state index in [1.807, 2.05) is 24.4 Å². The van der Waals surface area contributed by atoms with Crippen LogP contribution in [0, 0.1) is 0 Å². The van der Waals surface area contributed by atoms with Crippen LogP contribution >= 0.6 is 15.9 Å². The molecule has 0 bridgehead atoms. The van der Waals surface area contributed by atoms with Crippen LogP contribution in [0.25, 0.3) is 10.9 Å². The zero-order chi connectivity index (χ0) is 11.0. The molecule has 0 unspecified atom stereocenters. The molecule has 1 saturated carbocycles. The van der Waals surface area contributed by atoms with Crippen molar-refractivity contribution in [1.82, 2.24) is 4.98 Å². The molecule has 0 radical (unpaired) electrons. The van der Waals surface area contributed by atoms with Crippen molar-refractivity contribution < 1.29 is 4.74 Å². The van der Waals surface area contributed by atoms with Gasteiger partial charge in [0.15, 0.2) is 0 Å². The van der Waals surface area contributed by atoms with Gasteiger partial charge in [0.2, 0.25) is 0 Å². The maximum absolute atomic E-state index is 5.86. The monoisotopic (exact) mass is 277 g/mol. The number of aromatic nitrogens is 1. The van der Waals surface area contributed by atoms with E-state index in [2.05, 4.69) is 33.0 Å². The van der Waals surface area contributed by atoms with Crippen molar-refractivity contribution in [2.45, 2.75) is 23.8 Å². The Balaban J connectivity index is 1.82. The maximum atomic E-state index is 5.86. The van der Waals surface area contributed by atoms with E-state index in [0.29, 0.717) is 10.9 Å². The maximum Gasteiger partial charge on any atom is 0.121 e. The molecule has 1 aliphatic carbocycles. The average Bonchev–Trinajstić information content (AvgIpc) is 2.27. The third-order valence-electron chi connectivity index (χ3n) is 2.92. The summed E-state index contributed by atoms with van der Waals surface area (Å²) in [5.41, 5.74) is 0.995. The van der Waals surface area contributed by atoms with E-state index in [4.69, 9.17) is 4.74 Å². The number of hydrogen-bond acceptors (Lipinski definition) is 2. The van der Waals surface area contributed by atoms with Gasteiger partial charge in [0, 0.05) is 22.5 Å². The summed E-state index contributed by atoms with van der Waals surface area (Å²) in [4.78, 5) is 4.95. The molecule has 0 amide bonds. The number of nitrogens with zero attached hydrogens (tertiary/aromatic N) is 1. The first-order valence-electron chi connectivity index (χ1n) is 5.47. The predicted octanol–water partition coefficient (Wildman–Crippen LogP) is 3.54. The van der Waals surface area contributed by atoms with E-state index in [-0.39, 0.29) is 0 Å². The molecule has 0 spiro atoms. The highest BCUT2D eigenvalue weighted by molar-refractivity contribution is 9.09. The fourth-order valence-corrected chi connectivity index (χ4v) is 2.74. The van der Waals surface area contributed by atoms with Gasteiger partial charge in [0.25, 0.3) is 0 Å². The molecule has 1 heterocycles. The minimum absolute atomic E-state index is 0.366. The van der Waals surface area contributed by atoms with Crippen molar-refractivity contribution >= 4 is 26.8 Å². The Morgan fingerprint density at radius 3 is 2.94 bits per heavy atom. The van der Waals surface area contributed by atoms with Crippen LogP contribution in [0.4, 0.5) is 0 Å². The first-order valence-corrected chi connectivity index (χ1v) is 6.38. The van der Waals surface area contributed by atoms with Crippen molar-refractivity contribution in [3.63, 3.8) is 0 Å². The Labute approximate surface area is 103 Å². The van der Waals surface area contributed by atoms with Gasteiger partial charge in [-0.15, -0.1) is 0 Å². The van der Waals surface area contributed by atoms with Crippen LogP contribution in [0.3, 0.4) is 0 Å². The number of fused-ring (bicyclic) bond motifs is 1. The van der Waals surface area contributed by atoms with E-state index in [1.54, 1.807) is 0 Å². The molecule has 0 atom stereocenters. The van der Waals surface area contributed by atoms with Crippen LogP contribution in [0.1, 0.15) is 12.8 Å². The van der Waals surface area contributed by atoms with Crippen LogP contribution in [0.5, 0.6) is 5.75 Å². The molecular weight excluding hydrogens is 266 g/mol. The van der Waals surface area contributed by atoms with Crippen LogP contribution in [-0.2, 0) is 0 Å². The van der Waals surface area contributed by atoms with E-state index in [1.165, 1.54) is 0 Å². The van der Waals surface area contributed by atoms with Crippen LogP contribution in [-0.4, -0.2) is 15.9 Å². The highest BCUT2D eigenvalue weighted by Crippen LogP contribution is 2.31. The third-order valence-corrected chi connectivity index (χ3v) is 3.67. The Kier molecular flexibility index (Phi) is 2.56. The summed E-state index contributed by atoms with van der Waals surface area (Å²) < 4.78 is 5.86. The zero-order valence-electron chi connectivity index (χ0n) is 8.77. The quantitative estimate of drug-likeness (QED) is 0.784. The molecule has 2 aromatic rings. The minimum atomic E-state index is 0.366. The zero-order valence-corrected chi connectivity index (χ0v) is 10.4. The summed E-state index contributed by atoms with van der Waals surface area (Å²) in [5, 5.41) is 1.15. The summed E-state index contributed by atoms with van der Waals surface area (Å²) in [5.74, 6) is 0.926. The highest BCUT2D eigenvalue weighted by Gasteiger charge is 2.28. The van der Waals surface area contributed by atoms with E-state index >= 15 is 0 Å². The number of pyridine rings is 1. The lowest BCUT2D eigenvalue weighted by Gasteiger charge is -2.31. The number of alkyl halides is 1. The predicted molar refractivity (Wildman–Crippen MR) is 68.1 cm³/mol. The number of rotatable bonds is 2. The Bertz CT molecular complexity index is 508. The van der Waals surface area contributed by atoms with Gasteiger partial charge >= 0.3 is 0 Å². The molecule has 1 aromatic heterocycles. The first-order chi connectivity index (χ1) is 7.81. The molecule has 0 aliphatic heterocycles. The first kappa shape index (κ1) is 10.1.